The van der Waals surface area contributed by atoms with Gasteiger partial charge in [0.25, 0.3) is 0 Å². The second-order valence-corrected chi connectivity index (χ2v) is 5.07. The lowest BCUT2D eigenvalue weighted by molar-refractivity contribution is -0.145. The standard InChI is InChI=1S/C16H19NO4/c18-15(19)6-7-16(20)21-14-8-10-17(11-9-14)12-13-4-2-1-3-5-13/h1-7,14H,8-12H2,(H,18,19)/b7-6-. The average Bonchev–Trinajstić information content (AvgIpc) is 2.48. The highest BCUT2D eigenvalue weighted by Crippen LogP contribution is 2.16. The van der Waals surface area contributed by atoms with E-state index in [1.54, 1.807) is 0 Å². The number of hydrogen-bond acceptors (Lipinski definition) is 4. The van der Waals surface area contributed by atoms with Gasteiger partial charge in [-0.1, -0.05) is 30.3 Å². The highest BCUT2D eigenvalue weighted by atomic mass is 16.5. The second kappa shape index (κ2) is 7.59. The number of aliphatic carboxylic acids is 1. The first kappa shape index (κ1) is 15.3. The largest absolute Gasteiger partial charge is 0.478 e. The molecule has 112 valence electrons. The molecular weight excluding hydrogens is 270 g/mol. The third-order valence-electron chi connectivity index (χ3n) is 3.43. The molecule has 0 bridgehead atoms. The summed E-state index contributed by atoms with van der Waals surface area (Å²) in [6.45, 7) is 2.64. The Morgan fingerprint density at radius 3 is 2.48 bits per heavy atom. The minimum Gasteiger partial charge on any atom is -0.478 e. The van der Waals surface area contributed by atoms with E-state index in [9.17, 15) is 9.59 Å². The molecule has 0 amide bonds. The number of esters is 1. The second-order valence-electron chi connectivity index (χ2n) is 5.07. The topological polar surface area (TPSA) is 66.8 Å². The van der Waals surface area contributed by atoms with Gasteiger partial charge in [0.05, 0.1) is 0 Å². The maximum absolute atomic E-state index is 11.4. The van der Waals surface area contributed by atoms with Crippen molar-refractivity contribution in [2.24, 2.45) is 0 Å². The van der Waals surface area contributed by atoms with Gasteiger partial charge in [-0.2, -0.15) is 0 Å². The summed E-state index contributed by atoms with van der Waals surface area (Å²) in [5.41, 5.74) is 1.28. The molecule has 0 aromatic heterocycles. The SMILES string of the molecule is O=C(O)/C=C\C(=O)OC1CCN(Cc2ccccc2)CC1. The van der Waals surface area contributed by atoms with Crippen LogP contribution in [0.4, 0.5) is 0 Å². The highest BCUT2D eigenvalue weighted by Gasteiger charge is 2.21. The first-order valence-corrected chi connectivity index (χ1v) is 7.01. The summed E-state index contributed by atoms with van der Waals surface area (Å²) in [6.07, 6.45) is 3.19. The monoisotopic (exact) mass is 289 g/mol. The molecule has 5 heteroatoms. The van der Waals surface area contributed by atoms with Crippen molar-refractivity contribution in [3.05, 3.63) is 48.0 Å². The van der Waals surface area contributed by atoms with Gasteiger partial charge in [-0.15, -0.1) is 0 Å². The normalized spacial score (nSPS) is 17.0. The molecule has 1 aromatic rings. The molecule has 0 unspecified atom stereocenters. The van der Waals surface area contributed by atoms with Crippen molar-refractivity contribution >= 4 is 11.9 Å². The molecule has 0 atom stereocenters. The minimum absolute atomic E-state index is 0.122. The maximum atomic E-state index is 11.4. The van der Waals surface area contributed by atoms with Gasteiger partial charge in [0.15, 0.2) is 0 Å². The van der Waals surface area contributed by atoms with Crippen molar-refractivity contribution in [1.29, 1.82) is 0 Å². The van der Waals surface area contributed by atoms with Crippen LogP contribution in [-0.2, 0) is 20.9 Å². The summed E-state index contributed by atoms with van der Waals surface area (Å²) >= 11 is 0. The molecule has 5 nitrogen and oxygen atoms in total. The van der Waals surface area contributed by atoms with Crippen LogP contribution in [0.3, 0.4) is 0 Å². The minimum atomic E-state index is -1.15. The van der Waals surface area contributed by atoms with Gasteiger partial charge >= 0.3 is 11.9 Å². The van der Waals surface area contributed by atoms with Gasteiger partial charge in [0.2, 0.25) is 0 Å². The fourth-order valence-electron chi connectivity index (χ4n) is 2.37. The van der Waals surface area contributed by atoms with Crippen molar-refractivity contribution in [1.82, 2.24) is 4.90 Å². The Hall–Kier alpha value is -2.14. The van der Waals surface area contributed by atoms with E-state index in [4.69, 9.17) is 9.84 Å². The van der Waals surface area contributed by atoms with Crippen LogP contribution < -0.4 is 0 Å². The van der Waals surface area contributed by atoms with Gasteiger partial charge in [0, 0.05) is 31.8 Å². The van der Waals surface area contributed by atoms with E-state index in [1.807, 2.05) is 18.2 Å². The van der Waals surface area contributed by atoms with Crippen LogP contribution in [0.5, 0.6) is 0 Å². The molecule has 1 fully saturated rings. The number of hydrogen-bond donors (Lipinski definition) is 1. The van der Waals surface area contributed by atoms with E-state index in [-0.39, 0.29) is 6.10 Å². The van der Waals surface area contributed by atoms with E-state index in [0.29, 0.717) is 0 Å². The van der Waals surface area contributed by atoms with Crippen molar-refractivity contribution in [3.8, 4) is 0 Å². The molecule has 1 N–H and O–H groups in total. The molecule has 0 aliphatic carbocycles. The average molecular weight is 289 g/mol. The van der Waals surface area contributed by atoms with Crippen LogP contribution in [0.15, 0.2) is 42.5 Å². The number of benzene rings is 1. The number of likely N-dealkylation sites (tertiary alicyclic amines) is 1. The molecular formula is C16H19NO4. The van der Waals surface area contributed by atoms with Gasteiger partial charge < -0.3 is 9.84 Å². The maximum Gasteiger partial charge on any atom is 0.331 e. The number of carboxylic acid groups (broad SMARTS) is 1. The zero-order chi connectivity index (χ0) is 15.1. The summed E-state index contributed by atoms with van der Waals surface area (Å²) in [7, 11) is 0. The van der Waals surface area contributed by atoms with Crippen LogP contribution in [0, 0.1) is 0 Å². The molecule has 1 heterocycles. The molecule has 1 aromatic carbocycles. The summed E-state index contributed by atoms with van der Waals surface area (Å²) in [5.74, 6) is -1.73. The molecule has 1 saturated heterocycles. The molecule has 0 spiro atoms. The number of rotatable bonds is 5. The van der Waals surface area contributed by atoms with Crippen molar-refractivity contribution in [3.63, 3.8) is 0 Å². The van der Waals surface area contributed by atoms with Crippen molar-refractivity contribution < 1.29 is 19.4 Å². The third-order valence-corrected chi connectivity index (χ3v) is 3.43. The van der Waals surface area contributed by atoms with E-state index < -0.39 is 11.9 Å². The summed E-state index contributed by atoms with van der Waals surface area (Å²) in [4.78, 5) is 24.0. The third kappa shape index (κ3) is 5.39. The molecule has 0 radical (unpaired) electrons. The Morgan fingerprint density at radius 1 is 1.19 bits per heavy atom. The fourth-order valence-corrected chi connectivity index (χ4v) is 2.37. The summed E-state index contributed by atoms with van der Waals surface area (Å²) in [6, 6.07) is 10.3. The highest BCUT2D eigenvalue weighted by molar-refractivity contribution is 5.90. The molecule has 0 saturated carbocycles. The van der Waals surface area contributed by atoms with Crippen LogP contribution in [0.25, 0.3) is 0 Å². The van der Waals surface area contributed by atoms with Gasteiger partial charge in [0.1, 0.15) is 6.10 Å². The van der Waals surface area contributed by atoms with Crippen LogP contribution in [-0.4, -0.2) is 41.1 Å². The van der Waals surface area contributed by atoms with Crippen molar-refractivity contribution in [2.45, 2.75) is 25.5 Å². The zero-order valence-electron chi connectivity index (χ0n) is 11.8. The van der Waals surface area contributed by atoms with Crippen molar-refractivity contribution in [2.75, 3.05) is 13.1 Å². The van der Waals surface area contributed by atoms with Gasteiger partial charge in [-0.05, 0) is 18.4 Å². The lowest BCUT2D eigenvalue weighted by Crippen LogP contribution is -2.37. The van der Waals surface area contributed by atoms with Crippen LogP contribution >= 0.6 is 0 Å². The number of carbonyl (C=O) groups is 2. The van der Waals surface area contributed by atoms with Crippen LogP contribution in [0.1, 0.15) is 18.4 Å². The smallest absolute Gasteiger partial charge is 0.331 e. The summed E-state index contributed by atoms with van der Waals surface area (Å²) in [5, 5.41) is 8.44. The molecule has 1 aliphatic rings. The lowest BCUT2D eigenvalue weighted by Gasteiger charge is -2.31. The number of ether oxygens (including phenoxy) is 1. The van der Waals surface area contributed by atoms with Gasteiger partial charge in [-0.25, -0.2) is 9.59 Å². The molecule has 1 aliphatic heterocycles. The number of piperidine rings is 1. The Kier molecular flexibility index (Phi) is 5.51. The molecule has 21 heavy (non-hydrogen) atoms. The zero-order valence-corrected chi connectivity index (χ0v) is 11.8. The summed E-state index contributed by atoms with van der Waals surface area (Å²) < 4.78 is 5.22. The Morgan fingerprint density at radius 2 is 1.86 bits per heavy atom. The van der Waals surface area contributed by atoms with E-state index in [2.05, 4.69) is 17.0 Å². The van der Waals surface area contributed by atoms with Gasteiger partial charge in [-0.3, -0.25) is 4.90 Å². The fraction of sp³-hybridized carbons (Fsp3) is 0.375. The van der Waals surface area contributed by atoms with Crippen LogP contribution in [0.2, 0.25) is 0 Å². The van der Waals surface area contributed by atoms with E-state index in [0.717, 1.165) is 44.6 Å². The predicted octanol–water partition coefficient (Wildman–Crippen LogP) is 1.83. The number of carbonyl (C=O) groups excluding carboxylic acids is 1. The number of nitrogens with zero attached hydrogens (tertiary/aromatic N) is 1. The lowest BCUT2D eigenvalue weighted by atomic mass is 10.1. The number of carboxylic acids is 1. The van der Waals surface area contributed by atoms with E-state index in [1.165, 1.54) is 5.56 Å². The predicted molar refractivity (Wildman–Crippen MR) is 77.6 cm³/mol. The Balaban J connectivity index is 1.73. The molecule has 2 rings (SSSR count). The van der Waals surface area contributed by atoms with E-state index >= 15 is 0 Å². The first-order valence-electron chi connectivity index (χ1n) is 7.01. The quantitative estimate of drug-likeness (QED) is 0.661. The Bertz CT molecular complexity index is 504. The Labute approximate surface area is 123 Å². The first-order chi connectivity index (χ1) is 10.1.